The highest BCUT2D eigenvalue weighted by Crippen LogP contribution is 2.48. The fraction of sp³-hybridized carbons (Fsp3) is 0.364. The van der Waals surface area contributed by atoms with E-state index in [2.05, 4.69) is 15.5 Å². The Labute approximate surface area is 169 Å². The molecule has 1 aliphatic carbocycles. The van der Waals surface area contributed by atoms with Crippen LogP contribution in [0.2, 0.25) is 0 Å². The summed E-state index contributed by atoms with van der Waals surface area (Å²) in [6.07, 6.45) is 0.655. The number of hydrogen-bond acceptors (Lipinski definition) is 4. The number of rotatable bonds is 6. The lowest BCUT2D eigenvalue weighted by Gasteiger charge is -2.25. The van der Waals surface area contributed by atoms with Crippen LogP contribution < -0.4 is 10.6 Å². The van der Waals surface area contributed by atoms with E-state index in [1.54, 1.807) is 42.5 Å². The van der Waals surface area contributed by atoms with Crippen molar-refractivity contribution in [3.63, 3.8) is 0 Å². The average Bonchev–Trinajstić information content (AvgIpc) is 3.51. The normalized spacial score (nSPS) is 21.4. The van der Waals surface area contributed by atoms with Crippen molar-refractivity contribution in [1.82, 2.24) is 4.90 Å². The van der Waals surface area contributed by atoms with Gasteiger partial charge in [-0.1, -0.05) is 18.2 Å². The van der Waals surface area contributed by atoms with Crippen molar-refractivity contribution >= 4 is 23.2 Å². The molecule has 29 heavy (non-hydrogen) atoms. The Kier molecular flexibility index (Phi) is 5.87. The van der Waals surface area contributed by atoms with Crippen molar-refractivity contribution in [2.24, 2.45) is 5.92 Å². The first-order valence-electron chi connectivity index (χ1n) is 9.85. The molecule has 152 valence electrons. The Morgan fingerprint density at radius 1 is 1.00 bits per heavy atom. The molecule has 1 saturated heterocycles. The molecule has 2 unspecified atom stereocenters. The van der Waals surface area contributed by atoms with E-state index in [9.17, 15) is 14.0 Å². The fourth-order valence-electron chi connectivity index (χ4n) is 3.64. The molecule has 2 fully saturated rings. The molecule has 2 amide bonds. The number of anilines is 2. The maximum absolute atomic E-state index is 13.9. The van der Waals surface area contributed by atoms with Gasteiger partial charge in [-0.05, 0) is 48.2 Å². The monoisotopic (exact) mass is 397 g/mol. The smallest absolute Gasteiger partial charge is 0.238 e. The molecule has 2 aromatic carbocycles. The van der Waals surface area contributed by atoms with Gasteiger partial charge in [-0.25, -0.2) is 4.39 Å². The quantitative estimate of drug-likeness (QED) is 0.786. The molecule has 7 heteroatoms. The topological polar surface area (TPSA) is 70.7 Å². The van der Waals surface area contributed by atoms with E-state index < -0.39 is 0 Å². The third kappa shape index (κ3) is 4.99. The molecule has 4 rings (SSSR count). The van der Waals surface area contributed by atoms with Gasteiger partial charge in [0.15, 0.2) is 0 Å². The van der Waals surface area contributed by atoms with Gasteiger partial charge >= 0.3 is 0 Å². The third-order valence-corrected chi connectivity index (χ3v) is 5.34. The third-order valence-electron chi connectivity index (χ3n) is 5.34. The van der Waals surface area contributed by atoms with Gasteiger partial charge in [-0.2, -0.15) is 0 Å². The Morgan fingerprint density at radius 3 is 2.34 bits per heavy atom. The zero-order chi connectivity index (χ0) is 20.2. The second-order valence-corrected chi connectivity index (χ2v) is 7.47. The van der Waals surface area contributed by atoms with Crippen molar-refractivity contribution in [3.8, 4) is 0 Å². The number of morpholine rings is 1. The van der Waals surface area contributed by atoms with Gasteiger partial charge < -0.3 is 15.4 Å². The van der Waals surface area contributed by atoms with Gasteiger partial charge in [0, 0.05) is 30.4 Å². The van der Waals surface area contributed by atoms with Crippen molar-refractivity contribution < 1.29 is 18.7 Å². The second kappa shape index (κ2) is 8.71. The summed E-state index contributed by atoms with van der Waals surface area (Å²) in [6, 6.07) is 13.6. The van der Waals surface area contributed by atoms with Crippen LogP contribution in [0.4, 0.5) is 15.8 Å². The van der Waals surface area contributed by atoms with Gasteiger partial charge in [-0.15, -0.1) is 0 Å². The standard InChI is InChI=1S/C22H24FN3O3/c23-20-4-2-1-3-17(20)18-13-19(18)22(28)25-16-7-5-15(6-8-16)24-21(27)14-26-9-11-29-12-10-26/h1-8,18-19H,9-14H2,(H,24,27)(H,25,28). The van der Waals surface area contributed by atoms with Crippen LogP contribution in [0.5, 0.6) is 0 Å². The maximum atomic E-state index is 13.9. The van der Waals surface area contributed by atoms with Crippen molar-refractivity contribution in [2.45, 2.75) is 12.3 Å². The molecule has 1 aliphatic heterocycles. The SMILES string of the molecule is O=C(CN1CCOCC1)Nc1ccc(NC(=O)C2CC2c2ccccc2F)cc1. The zero-order valence-corrected chi connectivity index (χ0v) is 16.1. The number of amides is 2. The molecule has 0 radical (unpaired) electrons. The van der Waals surface area contributed by atoms with Crippen LogP contribution in [0.1, 0.15) is 17.9 Å². The van der Waals surface area contributed by atoms with Crippen LogP contribution in [0.15, 0.2) is 48.5 Å². The van der Waals surface area contributed by atoms with Gasteiger partial charge in [-0.3, -0.25) is 14.5 Å². The second-order valence-electron chi connectivity index (χ2n) is 7.47. The summed E-state index contributed by atoms with van der Waals surface area (Å²) >= 11 is 0. The summed E-state index contributed by atoms with van der Waals surface area (Å²) in [5.41, 5.74) is 1.93. The summed E-state index contributed by atoms with van der Waals surface area (Å²) in [5.74, 6) is -0.712. The van der Waals surface area contributed by atoms with E-state index in [1.807, 2.05) is 0 Å². The maximum Gasteiger partial charge on any atom is 0.238 e. The highest BCUT2D eigenvalue weighted by Gasteiger charge is 2.45. The summed E-state index contributed by atoms with van der Waals surface area (Å²) in [7, 11) is 0. The van der Waals surface area contributed by atoms with Crippen LogP contribution in [-0.4, -0.2) is 49.6 Å². The van der Waals surface area contributed by atoms with E-state index in [0.717, 1.165) is 13.1 Å². The minimum atomic E-state index is -0.259. The van der Waals surface area contributed by atoms with Crippen molar-refractivity contribution in [3.05, 3.63) is 59.9 Å². The lowest BCUT2D eigenvalue weighted by molar-refractivity contribution is -0.118. The Morgan fingerprint density at radius 2 is 1.66 bits per heavy atom. The molecule has 0 bridgehead atoms. The lowest BCUT2D eigenvalue weighted by atomic mass is 10.1. The fourth-order valence-corrected chi connectivity index (χ4v) is 3.64. The molecular formula is C22H24FN3O3. The molecule has 2 aromatic rings. The van der Waals surface area contributed by atoms with Gasteiger partial charge in [0.05, 0.1) is 19.8 Å². The van der Waals surface area contributed by atoms with Crippen LogP contribution in [0.25, 0.3) is 0 Å². The molecule has 6 nitrogen and oxygen atoms in total. The van der Waals surface area contributed by atoms with E-state index in [1.165, 1.54) is 6.07 Å². The summed E-state index contributed by atoms with van der Waals surface area (Å²) < 4.78 is 19.1. The zero-order valence-electron chi connectivity index (χ0n) is 16.1. The van der Waals surface area contributed by atoms with Crippen molar-refractivity contribution in [2.75, 3.05) is 43.5 Å². The van der Waals surface area contributed by atoms with E-state index in [0.29, 0.717) is 43.1 Å². The highest BCUT2D eigenvalue weighted by atomic mass is 19.1. The minimum Gasteiger partial charge on any atom is -0.379 e. The van der Waals surface area contributed by atoms with Gasteiger partial charge in [0.1, 0.15) is 5.82 Å². The predicted molar refractivity (Wildman–Crippen MR) is 108 cm³/mol. The number of ether oxygens (including phenoxy) is 1. The number of halogens is 1. The molecule has 0 spiro atoms. The molecular weight excluding hydrogens is 373 g/mol. The Bertz CT molecular complexity index is 881. The van der Waals surface area contributed by atoms with Gasteiger partial charge in [0.25, 0.3) is 0 Å². The summed E-state index contributed by atoms with van der Waals surface area (Å²) in [6.45, 7) is 3.16. The molecule has 2 atom stereocenters. The average molecular weight is 397 g/mol. The highest BCUT2D eigenvalue weighted by molar-refractivity contribution is 5.96. The Balaban J connectivity index is 1.27. The van der Waals surface area contributed by atoms with E-state index in [-0.39, 0.29) is 29.5 Å². The molecule has 2 N–H and O–H groups in total. The van der Waals surface area contributed by atoms with Crippen molar-refractivity contribution in [1.29, 1.82) is 0 Å². The predicted octanol–water partition coefficient (Wildman–Crippen LogP) is 2.84. The first kappa shape index (κ1) is 19.5. The number of carbonyl (C=O) groups is 2. The first-order chi connectivity index (χ1) is 14.1. The number of carbonyl (C=O) groups excluding carboxylic acids is 2. The van der Waals surface area contributed by atoms with Crippen LogP contribution >= 0.6 is 0 Å². The number of nitrogens with zero attached hydrogens (tertiary/aromatic N) is 1. The first-order valence-corrected chi connectivity index (χ1v) is 9.85. The van der Waals surface area contributed by atoms with Crippen LogP contribution in [-0.2, 0) is 14.3 Å². The molecule has 1 heterocycles. The Hall–Kier alpha value is -2.77. The minimum absolute atomic E-state index is 0.0602. The number of benzene rings is 2. The van der Waals surface area contributed by atoms with E-state index in [4.69, 9.17) is 4.74 Å². The number of hydrogen-bond donors (Lipinski definition) is 2. The van der Waals surface area contributed by atoms with Gasteiger partial charge in [0.2, 0.25) is 11.8 Å². The summed E-state index contributed by atoms with van der Waals surface area (Å²) in [5, 5.41) is 5.74. The summed E-state index contributed by atoms with van der Waals surface area (Å²) in [4.78, 5) is 26.6. The molecule has 0 aromatic heterocycles. The molecule has 2 aliphatic rings. The van der Waals surface area contributed by atoms with E-state index >= 15 is 0 Å². The number of nitrogens with one attached hydrogen (secondary N) is 2. The van der Waals surface area contributed by atoms with Crippen LogP contribution in [0.3, 0.4) is 0 Å². The molecule has 1 saturated carbocycles. The largest absolute Gasteiger partial charge is 0.379 e. The lowest BCUT2D eigenvalue weighted by Crippen LogP contribution is -2.41. The van der Waals surface area contributed by atoms with Crippen LogP contribution in [0, 0.1) is 11.7 Å².